The van der Waals surface area contributed by atoms with Gasteiger partial charge in [-0.05, 0) is 18.6 Å². The van der Waals surface area contributed by atoms with Gasteiger partial charge in [-0.25, -0.2) is 0 Å². The molecule has 0 aromatic heterocycles. The molecule has 0 bridgehead atoms. The van der Waals surface area contributed by atoms with Crippen molar-refractivity contribution in [3.63, 3.8) is 0 Å². The number of ketones is 1. The summed E-state index contributed by atoms with van der Waals surface area (Å²) < 4.78 is 0. The summed E-state index contributed by atoms with van der Waals surface area (Å²) in [7, 11) is 0. The fourth-order valence-electron chi connectivity index (χ4n) is 2.64. The Morgan fingerprint density at radius 3 is 1.78 bits per heavy atom. The van der Waals surface area contributed by atoms with Crippen LogP contribution < -0.4 is 0 Å². The summed E-state index contributed by atoms with van der Waals surface area (Å²) in [6.07, 6.45) is 13.0. The van der Waals surface area contributed by atoms with Crippen LogP contribution in [0.1, 0.15) is 87.9 Å². The highest BCUT2D eigenvalue weighted by molar-refractivity contribution is 6.37. The maximum atomic E-state index is 12.1. The largest absolute Gasteiger partial charge is 0.505 e. The molecule has 0 saturated carbocycles. The van der Waals surface area contributed by atoms with Crippen LogP contribution in [0.25, 0.3) is 0 Å². The third-order valence-corrected chi connectivity index (χ3v) is 4.67. The van der Waals surface area contributed by atoms with Gasteiger partial charge in [-0.2, -0.15) is 0 Å². The number of phenols is 1. The fourth-order valence-corrected chi connectivity index (χ4v) is 3.13. The van der Waals surface area contributed by atoms with Crippen molar-refractivity contribution < 1.29 is 9.90 Å². The molecule has 0 aliphatic carbocycles. The summed E-state index contributed by atoms with van der Waals surface area (Å²) in [5, 5.41) is 9.76. The Morgan fingerprint density at radius 2 is 1.30 bits per heavy atom. The molecule has 23 heavy (non-hydrogen) atoms. The Bertz CT molecular complexity index is 463. The van der Waals surface area contributed by atoms with Crippen molar-refractivity contribution in [2.75, 3.05) is 0 Å². The van der Waals surface area contributed by atoms with Gasteiger partial charge in [0.1, 0.15) is 0 Å². The monoisotopic (exact) mass is 358 g/mol. The van der Waals surface area contributed by atoms with Crippen LogP contribution in [0.5, 0.6) is 5.75 Å². The normalized spacial score (nSPS) is 10.9. The summed E-state index contributed by atoms with van der Waals surface area (Å²) in [6, 6.07) is 2.98. The number of benzene rings is 1. The predicted octanol–water partition coefficient (Wildman–Crippen LogP) is 7.19. The maximum absolute atomic E-state index is 12.1. The van der Waals surface area contributed by atoms with Gasteiger partial charge in [0, 0.05) is 12.0 Å². The van der Waals surface area contributed by atoms with Gasteiger partial charge >= 0.3 is 0 Å². The van der Waals surface area contributed by atoms with E-state index in [2.05, 4.69) is 6.92 Å². The van der Waals surface area contributed by atoms with Crippen LogP contribution in [0.4, 0.5) is 0 Å². The first-order valence-electron chi connectivity index (χ1n) is 8.77. The van der Waals surface area contributed by atoms with E-state index in [1.165, 1.54) is 63.5 Å². The number of rotatable bonds is 12. The molecular formula is C19H28Cl2O2. The van der Waals surface area contributed by atoms with Gasteiger partial charge in [-0.15, -0.1) is 0 Å². The van der Waals surface area contributed by atoms with E-state index in [0.717, 1.165) is 12.8 Å². The lowest BCUT2D eigenvalue weighted by Crippen LogP contribution is -1.99. The van der Waals surface area contributed by atoms with Crippen LogP contribution in [-0.4, -0.2) is 10.9 Å². The van der Waals surface area contributed by atoms with E-state index >= 15 is 0 Å². The van der Waals surface area contributed by atoms with Crippen molar-refractivity contribution in [1.82, 2.24) is 0 Å². The minimum Gasteiger partial charge on any atom is -0.505 e. The van der Waals surface area contributed by atoms with Crippen molar-refractivity contribution in [3.8, 4) is 5.75 Å². The number of carbonyl (C=O) groups excluding carboxylic acids is 1. The van der Waals surface area contributed by atoms with Gasteiger partial charge in [0.25, 0.3) is 0 Å². The molecule has 0 fully saturated rings. The molecule has 0 unspecified atom stereocenters. The minimum atomic E-state index is -0.163. The average molecular weight is 359 g/mol. The van der Waals surface area contributed by atoms with Crippen LogP contribution in [0.3, 0.4) is 0 Å². The van der Waals surface area contributed by atoms with Crippen molar-refractivity contribution in [2.24, 2.45) is 0 Å². The number of unbranched alkanes of at least 4 members (excludes halogenated alkanes) is 9. The molecule has 1 aromatic carbocycles. The van der Waals surface area contributed by atoms with Crippen molar-refractivity contribution in [3.05, 3.63) is 27.7 Å². The van der Waals surface area contributed by atoms with E-state index in [1.807, 2.05) is 0 Å². The zero-order valence-electron chi connectivity index (χ0n) is 14.0. The summed E-state index contributed by atoms with van der Waals surface area (Å²) >= 11 is 11.7. The molecule has 1 rings (SSSR count). The Balaban J connectivity index is 2.13. The molecule has 4 heteroatoms. The number of hydrogen-bond acceptors (Lipinski definition) is 2. The molecule has 1 aromatic rings. The van der Waals surface area contributed by atoms with Gasteiger partial charge in [-0.3, -0.25) is 4.79 Å². The van der Waals surface area contributed by atoms with Crippen LogP contribution in [0.2, 0.25) is 10.0 Å². The van der Waals surface area contributed by atoms with Gasteiger partial charge in [0.15, 0.2) is 11.5 Å². The van der Waals surface area contributed by atoms with E-state index in [9.17, 15) is 9.90 Å². The van der Waals surface area contributed by atoms with Crippen molar-refractivity contribution >= 4 is 29.0 Å². The second-order valence-corrected chi connectivity index (χ2v) is 6.96. The summed E-state index contributed by atoms with van der Waals surface area (Å²) in [5.41, 5.74) is 0.480. The lowest BCUT2D eigenvalue weighted by molar-refractivity contribution is 0.0979. The Labute approximate surface area is 150 Å². The number of carbonyl (C=O) groups is 1. The first-order chi connectivity index (χ1) is 11.1. The highest BCUT2D eigenvalue weighted by Gasteiger charge is 2.12. The SMILES string of the molecule is CCCCCCCCCCCCC(=O)c1cc(Cl)c(O)c(Cl)c1. The topological polar surface area (TPSA) is 37.3 Å². The van der Waals surface area contributed by atoms with Gasteiger partial charge in [0.2, 0.25) is 0 Å². The van der Waals surface area contributed by atoms with Crippen molar-refractivity contribution in [2.45, 2.75) is 77.6 Å². The molecule has 0 saturated heterocycles. The lowest BCUT2D eigenvalue weighted by atomic mass is 10.0. The molecule has 0 aliphatic rings. The second-order valence-electron chi connectivity index (χ2n) is 6.14. The Hall–Kier alpha value is -0.730. The zero-order chi connectivity index (χ0) is 17.1. The van der Waals surface area contributed by atoms with Crippen LogP contribution >= 0.6 is 23.2 Å². The average Bonchev–Trinajstić information content (AvgIpc) is 2.53. The molecule has 0 amide bonds. The quantitative estimate of drug-likeness (QED) is 0.317. The van der Waals surface area contributed by atoms with Gasteiger partial charge in [0.05, 0.1) is 10.0 Å². The Kier molecular flexibility index (Phi) is 10.4. The molecule has 1 N–H and O–H groups in total. The van der Waals surface area contributed by atoms with E-state index in [4.69, 9.17) is 23.2 Å². The van der Waals surface area contributed by atoms with Crippen molar-refractivity contribution in [1.29, 1.82) is 0 Å². The number of halogens is 2. The molecule has 130 valence electrons. The van der Waals surface area contributed by atoms with Crippen LogP contribution in [-0.2, 0) is 0 Å². The van der Waals surface area contributed by atoms with Crippen LogP contribution in [0.15, 0.2) is 12.1 Å². The molecule has 0 aliphatic heterocycles. The number of phenolic OH excluding ortho intramolecular Hbond substituents is 1. The third kappa shape index (κ3) is 8.08. The molecule has 0 spiro atoms. The molecule has 2 nitrogen and oxygen atoms in total. The van der Waals surface area contributed by atoms with E-state index in [-0.39, 0.29) is 21.6 Å². The van der Waals surface area contributed by atoms with Gasteiger partial charge in [-0.1, -0.05) is 87.9 Å². The highest BCUT2D eigenvalue weighted by atomic mass is 35.5. The molecular weight excluding hydrogens is 331 g/mol. The Morgan fingerprint density at radius 1 is 0.870 bits per heavy atom. The third-order valence-electron chi connectivity index (χ3n) is 4.10. The summed E-state index contributed by atoms with van der Waals surface area (Å²) in [6.45, 7) is 2.24. The second kappa shape index (κ2) is 11.8. The first-order valence-corrected chi connectivity index (χ1v) is 9.53. The van der Waals surface area contributed by atoms with Crippen LogP contribution in [0, 0.1) is 0 Å². The highest BCUT2D eigenvalue weighted by Crippen LogP contribution is 2.33. The first kappa shape index (κ1) is 20.3. The number of Topliss-reactive ketones (excluding diaryl/α,β-unsaturated/α-hetero) is 1. The van der Waals surface area contributed by atoms with E-state index < -0.39 is 0 Å². The number of hydrogen-bond donors (Lipinski definition) is 1. The molecule has 0 radical (unpaired) electrons. The van der Waals surface area contributed by atoms with Gasteiger partial charge < -0.3 is 5.11 Å². The number of aromatic hydroxyl groups is 1. The van der Waals surface area contributed by atoms with E-state index in [1.54, 1.807) is 0 Å². The lowest BCUT2D eigenvalue weighted by Gasteiger charge is -2.05. The summed E-state index contributed by atoms with van der Waals surface area (Å²) in [4.78, 5) is 12.1. The smallest absolute Gasteiger partial charge is 0.162 e. The maximum Gasteiger partial charge on any atom is 0.162 e. The zero-order valence-corrected chi connectivity index (χ0v) is 15.6. The molecule has 0 heterocycles. The predicted molar refractivity (Wildman–Crippen MR) is 98.9 cm³/mol. The standard InChI is InChI=1S/C19H28Cl2O2/c1-2-3-4-5-6-7-8-9-10-11-12-18(22)15-13-16(20)19(23)17(21)14-15/h13-14,23H,2-12H2,1H3. The summed E-state index contributed by atoms with van der Waals surface area (Å²) in [5.74, 6) is -0.128. The molecule has 0 atom stereocenters. The fraction of sp³-hybridized carbons (Fsp3) is 0.632. The minimum absolute atomic E-state index is 0.0355. The van der Waals surface area contributed by atoms with E-state index in [0.29, 0.717) is 12.0 Å².